The molecule has 1 atom stereocenters. The van der Waals surface area contributed by atoms with E-state index in [-0.39, 0.29) is 12.0 Å². The van der Waals surface area contributed by atoms with Gasteiger partial charge >= 0.3 is 5.97 Å². The van der Waals surface area contributed by atoms with Gasteiger partial charge in [0.1, 0.15) is 5.65 Å². The van der Waals surface area contributed by atoms with Gasteiger partial charge in [-0.15, -0.1) is 0 Å². The first kappa shape index (κ1) is 22.4. The summed E-state index contributed by atoms with van der Waals surface area (Å²) in [6, 6.07) is 4.97. The molecule has 0 spiro atoms. The summed E-state index contributed by atoms with van der Waals surface area (Å²) < 4.78 is 2.15. The van der Waals surface area contributed by atoms with Crippen LogP contribution in [0, 0.1) is 18.8 Å². The zero-order valence-electron chi connectivity index (χ0n) is 20.0. The molecule has 1 aliphatic heterocycles. The number of carbonyl (C=O) groups excluding carboxylic acids is 1. The second-order valence-corrected chi connectivity index (χ2v) is 10.3. The summed E-state index contributed by atoms with van der Waals surface area (Å²) in [5, 5.41) is 10.5. The molecule has 0 unspecified atom stereocenters. The Morgan fingerprint density at radius 3 is 2.48 bits per heavy atom. The van der Waals surface area contributed by atoms with Gasteiger partial charge in [-0.3, -0.25) is 9.69 Å². The number of aromatic carboxylic acids is 1. The van der Waals surface area contributed by atoms with E-state index in [0.29, 0.717) is 29.5 Å². The highest BCUT2D eigenvalue weighted by atomic mass is 16.4. The summed E-state index contributed by atoms with van der Waals surface area (Å²) >= 11 is 0. The van der Waals surface area contributed by atoms with Gasteiger partial charge in [-0.25, -0.2) is 9.78 Å². The molecule has 178 valence electrons. The van der Waals surface area contributed by atoms with Crippen molar-refractivity contribution in [2.24, 2.45) is 11.8 Å². The van der Waals surface area contributed by atoms with Crippen molar-refractivity contribution in [2.45, 2.75) is 77.4 Å². The second kappa shape index (κ2) is 8.75. The van der Waals surface area contributed by atoms with Crippen molar-refractivity contribution in [3.63, 3.8) is 0 Å². The first-order valence-corrected chi connectivity index (χ1v) is 12.6. The average molecular weight is 453 g/mol. The van der Waals surface area contributed by atoms with Gasteiger partial charge in [-0.1, -0.05) is 0 Å². The highest BCUT2D eigenvalue weighted by Gasteiger charge is 2.43. The Morgan fingerprint density at radius 1 is 1.18 bits per heavy atom. The van der Waals surface area contributed by atoms with Crippen LogP contribution in [0.3, 0.4) is 0 Å². The summed E-state index contributed by atoms with van der Waals surface area (Å²) in [6.07, 6.45) is 8.64. The van der Waals surface area contributed by atoms with Crippen LogP contribution < -0.4 is 0 Å². The third-order valence-corrected chi connectivity index (χ3v) is 8.44. The van der Waals surface area contributed by atoms with Gasteiger partial charge in [0.15, 0.2) is 0 Å². The van der Waals surface area contributed by atoms with Gasteiger partial charge < -0.3 is 14.6 Å². The Morgan fingerprint density at radius 2 is 1.88 bits per heavy atom. The Balaban J connectivity index is 1.21. The monoisotopic (exact) mass is 452 g/mol. The summed E-state index contributed by atoms with van der Waals surface area (Å²) in [5.74, 6) is 0.181. The van der Waals surface area contributed by atoms with Gasteiger partial charge in [0.25, 0.3) is 0 Å². The van der Waals surface area contributed by atoms with Crippen LogP contribution in [0.15, 0.2) is 18.3 Å². The molecule has 33 heavy (non-hydrogen) atoms. The van der Waals surface area contributed by atoms with Gasteiger partial charge in [-0.2, -0.15) is 0 Å². The lowest BCUT2D eigenvalue weighted by molar-refractivity contribution is -0.143. The fraction of sp³-hybridized carbons (Fsp3) is 0.654. The van der Waals surface area contributed by atoms with Gasteiger partial charge in [-0.05, 0) is 77.3 Å². The fourth-order valence-electron chi connectivity index (χ4n) is 6.37. The Kier molecular flexibility index (Phi) is 5.93. The largest absolute Gasteiger partial charge is 0.478 e. The number of carboxylic acids is 1. The number of fused-ring (bicyclic) bond motifs is 1. The number of nitrogens with zero attached hydrogens (tertiary/aromatic N) is 4. The quantitative estimate of drug-likeness (QED) is 0.684. The molecule has 1 amide bonds. The number of aromatic nitrogens is 2. The third kappa shape index (κ3) is 3.94. The summed E-state index contributed by atoms with van der Waals surface area (Å²) in [5.41, 5.74) is 1.95. The maximum atomic E-state index is 12.8. The maximum absolute atomic E-state index is 12.8. The van der Waals surface area contributed by atoms with E-state index >= 15 is 0 Å². The number of rotatable bonds is 7. The van der Waals surface area contributed by atoms with Crippen LogP contribution in [0.5, 0.6) is 0 Å². The molecule has 7 nitrogen and oxygen atoms in total. The molecule has 0 bridgehead atoms. The van der Waals surface area contributed by atoms with E-state index < -0.39 is 5.97 Å². The minimum absolute atomic E-state index is 0.191. The molecule has 2 saturated carbocycles. The van der Waals surface area contributed by atoms with Crippen LogP contribution in [-0.2, 0) is 4.79 Å². The number of carboxylic acid groups (broad SMARTS) is 1. The molecular formula is C26H36N4O3. The highest BCUT2D eigenvalue weighted by Crippen LogP contribution is 2.40. The lowest BCUT2D eigenvalue weighted by Gasteiger charge is -2.47. The number of amides is 1. The van der Waals surface area contributed by atoms with Crippen molar-refractivity contribution in [1.82, 2.24) is 19.4 Å². The van der Waals surface area contributed by atoms with Crippen LogP contribution in [0.2, 0.25) is 0 Å². The van der Waals surface area contributed by atoms with E-state index in [0.717, 1.165) is 62.0 Å². The van der Waals surface area contributed by atoms with Crippen LogP contribution >= 0.6 is 0 Å². The molecular weight excluding hydrogens is 416 g/mol. The molecule has 1 saturated heterocycles. The van der Waals surface area contributed by atoms with Crippen molar-refractivity contribution in [1.29, 1.82) is 0 Å². The molecule has 7 heteroatoms. The van der Waals surface area contributed by atoms with Crippen LogP contribution in [0.4, 0.5) is 0 Å². The van der Waals surface area contributed by atoms with Crippen LogP contribution in [0.1, 0.15) is 74.5 Å². The maximum Gasteiger partial charge on any atom is 0.338 e. The number of likely N-dealkylation sites (tertiary alicyclic amines) is 1. The first-order valence-electron chi connectivity index (χ1n) is 12.6. The van der Waals surface area contributed by atoms with Crippen LogP contribution in [0.25, 0.3) is 11.0 Å². The van der Waals surface area contributed by atoms with Crippen molar-refractivity contribution in [3.05, 3.63) is 29.6 Å². The van der Waals surface area contributed by atoms with E-state index in [2.05, 4.69) is 33.2 Å². The van der Waals surface area contributed by atoms with Crippen LogP contribution in [-0.4, -0.2) is 68.1 Å². The first-order chi connectivity index (χ1) is 15.9. The van der Waals surface area contributed by atoms with Crippen molar-refractivity contribution in [3.8, 4) is 0 Å². The van der Waals surface area contributed by atoms with Crippen molar-refractivity contribution in [2.75, 3.05) is 19.6 Å². The number of carbonyl (C=O) groups is 2. The molecule has 1 N–H and O–H groups in total. The van der Waals surface area contributed by atoms with Gasteiger partial charge in [0.2, 0.25) is 5.91 Å². The molecule has 2 aromatic heterocycles. The minimum Gasteiger partial charge on any atom is -0.478 e. The Bertz CT molecular complexity index is 1050. The number of pyridine rings is 1. The van der Waals surface area contributed by atoms with E-state index in [9.17, 15) is 14.7 Å². The molecule has 2 aromatic rings. The molecule has 2 aliphatic carbocycles. The summed E-state index contributed by atoms with van der Waals surface area (Å²) in [7, 11) is 0. The molecule has 3 fully saturated rings. The topological polar surface area (TPSA) is 78.7 Å². The van der Waals surface area contributed by atoms with Gasteiger partial charge in [0, 0.05) is 55.0 Å². The SMILES string of the molecule is CCN(C(=O)C1CN(C2CCC([C@@H](C)n3c(C)c(C(=O)O)c4cccnc43)CC2)C1)C1CC1. The molecule has 3 aliphatic rings. The van der Waals surface area contributed by atoms with Gasteiger partial charge in [0.05, 0.1) is 11.5 Å². The fourth-order valence-corrected chi connectivity index (χ4v) is 6.37. The lowest BCUT2D eigenvalue weighted by atomic mass is 9.79. The van der Waals surface area contributed by atoms with Crippen molar-refractivity contribution >= 4 is 22.9 Å². The van der Waals surface area contributed by atoms with E-state index in [1.54, 1.807) is 6.20 Å². The Labute approximate surface area is 195 Å². The van der Waals surface area contributed by atoms with E-state index in [4.69, 9.17) is 0 Å². The standard InChI is InChI=1S/C26H36N4O3/c1-4-29(21-11-12-21)25(31)19-14-28(15-19)20-9-7-18(8-10-20)16(2)30-17(3)23(26(32)33)22-6-5-13-27-24(22)30/h5-6,13,16,18-21H,4,7-12,14-15H2,1-3H3,(H,32,33)/t16-,18?,20?/m1/s1. The van der Waals surface area contributed by atoms with E-state index in [1.165, 1.54) is 12.8 Å². The molecule has 3 heterocycles. The average Bonchev–Trinajstić information content (AvgIpc) is 3.55. The molecule has 5 rings (SSSR count). The smallest absolute Gasteiger partial charge is 0.338 e. The Hall–Kier alpha value is -2.41. The second-order valence-electron chi connectivity index (χ2n) is 10.3. The third-order valence-electron chi connectivity index (χ3n) is 8.44. The summed E-state index contributed by atoms with van der Waals surface area (Å²) in [6.45, 7) is 8.90. The molecule has 0 aromatic carbocycles. The minimum atomic E-state index is -0.884. The van der Waals surface area contributed by atoms with E-state index in [1.807, 2.05) is 19.1 Å². The highest BCUT2D eigenvalue weighted by molar-refractivity contribution is 6.04. The molecule has 0 radical (unpaired) electrons. The normalized spacial score (nSPS) is 25.1. The predicted octanol–water partition coefficient (Wildman–Crippen LogP) is 4.11. The number of hydrogen-bond donors (Lipinski definition) is 1. The number of hydrogen-bond acceptors (Lipinski definition) is 4. The zero-order valence-corrected chi connectivity index (χ0v) is 20.0. The predicted molar refractivity (Wildman–Crippen MR) is 127 cm³/mol. The zero-order chi connectivity index (χ0) is 23.3. The lowest BCUT2D eigenvalue weighted by Crippen LogP contribution is -2.58. The summed E-state index contributed by atoms with van der Waals surface area (Å²) in [4.78, 5) is 33.9. The van der Waals surface area contributed by atoms with Crippen molar-refractivity contribution < 1.29 is 14.7 Å².